The molecule has 3 aromatic rings. The molecule has 0 unspecified atom stereocenters. The zero-order valence-electron chi connectivity index (χ0n) is 26.9. The van der Waals surface area contributed by atoms with E-state index in [0.717, 1.165) is 0 Å². The number of aliphatic hydroxyl groups excluding tert-OH is 1. The first-order chi connectivity index (χ1) is 22.1. The minimum absolute atomic E-state index is 0.132. The number of carbonyl (C=O) groups is 2. The number of methoxy groups -OCH3 is 3. The second kappa shape index (κ2) is 12.1. The second-order valence-electron chi connectivity index (χ2n) is 12.4. The number of carbonyl (C=O) groups excluding carboxylic acids is 2. The van der Waals surface area contributed by atoms with Gasteiger partial charge < -0.3 is 39.4 Å². The zero-order chi connectivity index (χ0) is 32.8. The van der Waals surface area contributed by atoms with E-state index in [4.69, 9.17) is 18.9 Å². The van der Waals surface area contributed by atoms with Gasteiger partial charge in [-0.05, 0) is 42.5 Å². The topological polar surface area (TPSA) is 127 Å². The summed E-state index contributed by atoms with van der Waals surface area (Å²) in [6.45, 7) is 4.19. The Kier molecular flexibility index (Phi) is 8.37. The van der Waals surface area contributed by atoms with Crippen molar-refractivity contribution in [3.8, 4) is 23.0 Å². The molecule has 3 aliphatic rings. The van der Waals surface area contributed by atoms with Gasteiger partial charge in [-0.3, -0.25) is 9.59 Å². The van der Waals surface area contributed by atoms with E-state index in [1.54, 1.807) is 48.4 Å². The van der Waals surface area contributed by atoms with Crippen LogP contribution in [0.4, 0.5) is 0 Å². The summed E-state index contributed by atoms with van der Waals surface area (Å²) in [6, 6.07) is 19.7. The summed E-state index contributed by atoms with van der Waals surface area (Å²) in [5.74, 6) is -1.38. The van der Waals surface area contributed by atoms with Crippen LogP contribution in [0.1, 0.15) is 55.7 Å². The normalized spacial score (nSPS) is 28.5. The van der Waals surface area contributed by atoms with Crippen LogP contribution in [-0.2, 0) is 20.8 Å². The van der Waals surface area contributed by atoms with Gasteiger partial charge in [0.05, 0.1) is 32.8 Å². The van der Waals surface area contributed by atoms with Crippen LogP contribution in [0.2, 0.25) is 0 Å². The van der Waals surface area contributed by atoms with Gasteiger partial charge in [0, 0.05) is 30.5 Å². The van der Waals surface area contributed by atoms with E-state index in [9.17, 15) is 15.0 Å². The van der Waals surface area contributed by atoms with Crippen molar-refractivity contribution in [1.29, 1.82) is 0 Å². The lowest BCUT2D eigenvalue weighted by Crippen LogP contribution is -2.56. The molecule has 0 spiro atoms. The maximum absolute atomic E-state index is 15.1. The third-order valence-corrected chi connectivity index (χ3v) is 10.1. The molecular formula is C36H42N2O8. The highest BCUT2D eigenvalue weighted by atomic mass is 16.5. The van der Waals surface area contributed by atoms with Crippen molar-refractivity contribution < 1.29 is 38.7 Å². The van der Waals surface area contributed by atoms with E-state index >= 15 is 4.79 Å². The molecule has 244 valence electrons. The number of nitrogens with one attached hydrogen (secondary N) is 1. The number of nitrogens with zero attached hydrogens (tertiary/aromatic N) is 1. The Labute approximate surface area is 269 Å². The maximum atomic E-state index is 15.1. The summed E-state index contributed by atoms with van der Waals surface area (Å²) >= 11 is 0. The van der Waals surface area contributed by atoms with E-state index in [2.05, 4.69) is 5.32 Å². The van der Waals surface area contributed by atoms with Crippen molar-refractivity contribution in [2.24, 2.45) is 11.8 Å². The lowest BCUT2D eigenvalue weighted by atomic mass is 9.75. The Morgan fingerprint density at radius 2 is 1.72 bits per heavy atom. The lowest BCUT2D eigenvalue weighted by Gasteiger charge is -2.45. The highest BCUT2D eigenvalue weighted by Crippen LogP contribution is 2.68. The van der Waals surface area contributed by atoms with Crippen LogP contribution in [-0.4, -0.2) is 67.1 Å². The summed E-state index contributed by atoms with van der Waals surface area (Å²) in [4.78, 5) is 29.8. The molecule has 7 atom stereocenters. The fraction of sp³-hybridized carbons (Fsp3) is 0.444. The third-order valence-electron chi connectivity index (χ3n) is 10.1. The number of amides is 2. The molecule has 6 rings (SSSR count). The van der Waals surface area contributed by atoms with Crippen molar-refractivity contribution in [3.63, 3.8) is 0 Å². The van der Waals surface area contributed by atoms with E-state index in [1.165, 1.54) is 14.2 Å². The standard InChI is InChI=1S/C36H42N2O8/c1-6-21(2)32(39)37-28-13-10-18-38(28)33(40)31-29(22-11-8-7-9-12-22)36(23-14-16-24(43-3)17-15-23)34(41)35(31,42)30-26(45-5)19-25(44-4)20-27(30)46-36/h7-9,11-12,14-17,19-21,28-29,31,34,41-42H,6,10,13,18H2,1-5H3,(H,37,39)/t21-,28-,29-,31+,34+,35-,36-/m0/s1. The maximum Gasteiger partial charge on any atom is 0.231 e. The molecule has 2 fully saturated rings. The molecule has 10 heteroatoms. The van der Waals surface area contributed by atoms with E-state index in [1.807, 2.05) is 44.2 Å². The van der Waals surface area contributed by atoms with Gasteiger partial charge in [0.25, 0.3) is 0 Å². The van der Waals surface area contributed by atoms with Gasteiger partial charge in [0.2, 0.25) is 11.8 Å². The SMILES string of the molecule is CC[C@H](C)C(=O)N[C@@H]1CCCN1C(=O)[C@H]1[C@H](c2ccccc2)[C@]2(c3ccc(OC)cc3)Oc3cc(OC)cc(OC)c3[C@@]1(O)[C@H]2O. The van der Waals surface area contributed by atoms with Crippen LogP contribution in [0.3, 0.4) is 0 Å². The number of aliphatic hydroxyl groups is 2. The molecule has 46 heavy (non-hydrogen) atoms. The predicted molar refractivity (Wildman–Crippen MR) is 170 cm³/mol. The molecule has 3 aromatic carbocycles. The largest absolute Gasteiger partial charge is 0.497 e. The third kappa shape index (κ3) is 4.69. The van der Waals surface area contributed by atoms with Gasteiger partial charge in [-0.2, -0.15) is 0 Å². The molecule has 2 heterocycles. The van der Waals surface area contributed by atoms with E-state index in [0.29, 0.717) is 48.4 Å². The zero-order valence-corrected chi connectivity index (χ0v) is 26.9. The number of hydrogen-bond donors (Lipinski definition) is 3. The van der Waals surface area contributed by atoms with Gasteiger partial charge in [-0.25, -0.2) is 0 Å². The molecule has 3 N–H and O–H groups in total. The molecule has 2 amide bonds. The van der Waals surface area contributed by atoms with Crippen molar-refractivity contribution >= 4 is 11.8 Å². The van der Waals surface area contributed by atoms with Gasteiger partial charge in [-0.15, -0.1) is 0 Å². The number of likely N-dealkylation sites (tertiary alicyclic amines) is 1. The number of fused-ring (bicyclic) bond motifs is 4. The average Bonchev–Trinajstić information content (AvgIpc) is 3.59. The van der Waals surface area contributed by atoms with Crippen molar-refractivity contribution in [2.45, 2.75) is 62.5 Å². The first-order valence-electron chi connectivity index (χ1n) is 15.8. The Morgan fingerprint density at radius 1 is 1.02 bits per heavy atom. The van der Waals surface area contributed by atoms with Crippen LogP contribution in [0.25, 0.3) is 0 Å². The number of ether oxygens (including phenoxy) is 4. The first kappa shape index (κ1) is 31.7. The second-order valence-corrected chi connectivity index (χ2v) is 12.4. The number of rotatable bonds is 9. The fourth-order valence-electron chi connectivity index (χ4n) is 7.61. The highest BCUT2D eigenvalue weighted by molar-refractivity contribution is 5.86. The van der Waals surface area contributed by atoms with Gasteiger partial charge in [0.15, 0.2) is 5.60 Å². The first-order valence-corrected chi connectivity index (χ1v) is 15.8. The Morgan fingerprint density at radius 3 is 2.35 bits per heavy atom. The lowest BCUT2D eigenvalue weighted by molar-refractivity contribution is -0.167. The van der Waals surface area contributed by atoms with Crippen LogP contribution in [0.15, 0.2) is 66.7 Å². The van der Waals surface area contributed by atoms with Crippen LogP contribution < -0.4 is 24.3 Å². The number of hydrogen-bond acceptors (Lipinski definition) is 8. The molecule has 2 bridgehead atoms. The highest BCUT2D eigenvalue weighted by Gasteiger charge is 2.76. The van der Waals surface area contributed by atoms with Crippen molar-refractivity contribution in [2.75, 3.05) is 27.9 Å². The summed E-state index contributed by atoms with van der Waals surface area (Å²) < 4.78 is 23.7. The van der Waals surface area contributed by atoms with Gasteiger partial charge in [0.1, 0.15) is 40.9 Å². The summed E-state index contributed by atoms with van der Waals surface area (Å²) in [6.07, 6.45) is -0.244. The van der Waals surface area contributed by atoms with Crippen LogP contribution in [0.5, 0.6) is 23.0 Å². The summed E-state index contributed by atoms with van der Waals surface area (Å²) in [5.41, 5.74) is -2.37. The van der Waals surface area contributed by atoms with Crippen molar-refractivity contribution in [3.05, 3.63) is 83.4 Å². The van der Waals surface area contributed by atoms with Gasteiger partial charge in [-0.1, -0.05) is 56.3 Å². The Hall–Kier alpha value is -4.28. The summed E-state index contributed by atoms with van der Waals surface area (Å²) in [5, 5.41) is 28.8. The molecule has 1 saturated heterocycles. The Balaban J connectivity index is 1.60. The van der Waals surface area contributed by atoms with Crippen molar-refractivity contribution in [1.82, 2.24) is 10.2 Å². The van der Waals surface area contributed by atoms with Crippen LogP contribution in [0, 0.1) is 11.8 Å². The molecule has 1 aliphatic carbocycles. The summed E-state index contributed by atoms with van der Waals surface area (Å²) in [7, 11) is 4.54. The quantitative estimate of drug-likeness (QED) is 0.323. The Bertz CT molecular complexity index is 1600. The monoisotopic (exact) mass is 630 g/mol. The molecular weight excluding hydrogens is 588 g/mol. The molecule has 1 saturated carbocycles. The number of benzene rings is 3. The molecule has 2 aliphatic heterocycles. The predicted octanol–water partition coefficient (Wildman–Crippen LogP) is 4.07. The fourth-order valence-corrected chi connectivity index (χ4v) is 7.61. The van der Waals surface area contributed by atoms with Gasteiger partial charge >= 0.3 is 0 Å². The van der Waals surface area contributed by atoms with Crippen LogP contribution >= 0.6 is 0 Å². The van der Waals surface area contributed by atoms with E-state index < -0.39 is 41.2 Å². The van der Waals surface area contributed by atoms with E-state index in [-0.39, 0.29) is 28.9 Å². The smallest absolute Gasteiger partial charge is 0.231 e. The molecule has 0 aromatic heterocycles. The molecule has 0 radical (unpaired) electrons. The minimum Gasteiger partial charge on any atom is -0.497 e. The minimum atomic E-state index is -2.17. The molecule has 10 nitrogen and oxygen atoms in total. The average molecular weight is 631 g/mol.